The monoisotopic (exact) mass is 417 g/mol. The van der Waals surface area contributed by atoms with Crippen LogP contribution < -0.4 is 14.8 Å². The molecule has 0 aliphatic rings. The number of nitrogens with zero attached hydrogens (tertiary/aromatic N) is 2. The Morgan fingerprint density at radius 1 is 1.13 bits per heavy atom. The van der Waals surface area contributed by atoms with Gasteiger partial charge in [0.15, 0.2) is 0 Å². The first kappa shape index (κ1) is 19.6. The number of thiazole rings is 1. The van der Waals surface area contributed by atoms with Gasteiger partial charge in [-0.15, -0.1) is 11.3 Å². The van der Waals surface area contributed by atoms with Crippen LogP contribution in [0.15, 0.2) is 71.7 Å². The summed E-state index contributed by atoms with van der Waals surface area (Å²) < 4.78 is 7.63. The third-order valence-electron chi connectivity index (χ3n) is 4.31. The Bertz CT molecular complexity index is 1340. The van der Waals surface area contributed by atoms with Crippen LogP contribution >= 0.6 is 11.3 Å². The molecule has 0 aliphatic carbocycles. The van der Waals surface area contributed by atoms with Gasteiger partial charge in [0.1, 0.15) is 4.66 Å². The fraction of sp³-hybridized carbons (Fsp3) is 0.0870. The molecule has 0 aliphatic heterocycles. The zero-order valence-electron chi connectivity index (χ0n) is 16.2. The molecule has 0 radical (unpaired) electrons. The van der Waals surface area contributed by atoms with Crippen molar-refractivity contribution in [3.63, 3.8) is 0 Å². The number of carbonyl (C=O) groups is 1. The van der Waals surface area contributed by atoms with Crippen LogP contribution in [0.3, 0.4) is 0 Å². The predicted molar refractivity (Wildman–Crippen MR) is 118 cm³/mol. The van der Waals surface area contributed by atoms with Crippen molar-refractivity contribution in [3.8, 4) is 16.9 Å². The summed E-state index contributed by atoms with van der Waals surface area (Å²) in [7, 11) is 0. The van der Waals surface area contributed by atoms with Gasteiger partial charge in [0.2, 0.25) is 0 Å². The van der Waals surface area contributed by atoms with Gasteiger partial charge < -0.3 is 9.72 Å². The van der Waals surface area contributed by atoms with Crippen molar-refractivity contribution in [1.82, 2.24) is 14.8 Å². The molecule has 0 saturated carbocycles. The van der Waals surface area contributed by atoms with E-state index in [1.807, 2.05) is 66.9 Å². The third-order valence-corrected chi connectivity index (χ3v) is 5.28. The normalized spacial score (nSPS) is 12.3. The summed E-state index contributed by atoms with van der Waals surface area (Å²) in [5.41, 5.74) is 3.18. The van der Waals surface area contributed by atoms with Gasteiger partial charge in [0.05, 0.1) is 28.6 Å². The molecule has 0 unspecified atom stereocenters. The summed E-state index contributed by atoms with van der Waals surface area (Å²) in [6, 6.07) is 19.6. The summed E-state index contributed by atoms with van der Waals surface area (Å²) in [6.45, 7) is 2.01. The standard InChI is InChI=1S/C23H19N3O3S/c1-2-29-21(27)14-20-24-23(28)19(30-20)13-17-15-26(18-11-7-4-8-12-18)25-22(17)16-9-5-3-6-10-16/h3-15H,2H2,1H3,(H,24,28)/b19-13-,20-14-. The molecule has 0 saturated heterocycles. The van der Waals surface area contributed by atoms with E-state index in [2.05, 4.69) is 4.98 Å². The van der Waals surface area contributed by atoms with Gasteiger partial charge in [0, 0.05) is 17.3 Å². The number of esters is 1. The summed E-state index contributed by atoms with van der Waals surface area (Å²) >= 11 is 1.20. The van der Waals surface area contributed by atoms with E-state index in [0.29, 0.717) is 9.20 Å². The minimum Gasteiger partial charge on any atom is -0.463 e. The molecular formula is C23H19N3O3S. The van der Waals surface area contributed by atoms with Gasteiger partial charge in [-0.05, 0) is 25.1 Å². The van der Waals surface area contributed by atoms with Crippen molar-refractivity contribution >= 4 is 29.5 Å². The lowest BCUT2D eigenvalue weighted by Crippen LogP contribution is -2.20. The fourth-order valence-corrected chi connectivity index (χ4v) is 3.85. The Kier molecular flexibility index (Phi) is 5.72. The maximum absolute atomic E-state index is 12.4. The maximum Gasteiger partial charge on any atom is 0.333 e. The molecule has 1 N–H and O–H groups in total. The van der Waals surface area contributed by atoms with Gasteiger partial charge in [-0.2, -0.15) is 5.10 Å². The summed E-state index contributed by atoms with van der Waals surface area (Å²) in [5, 5.41) is 4.75. The molecule has 4 aromatic rings. The Balaban J connectivity index is 1.85. The van der Waals surface area contributed by atoms with E-state index >= 15 is 0 Å². The minimum atomic E-state index is -0.483. The fourth-order valence-electron chi connectivity index (χ4n) is 2.98. The second-order valence-electron chi connectivity index (χ2n) is 6.40. The molecule has 7 heteroatoms. The predicted octanol–water partition coefficient (Wildman–Crippen LogP) is 2.46. The highest BCUT2D eigenvalue weighted by atomic mass is 32.1. The number of ether oxygens (including phenoxy) is 1. The summed E-state index contributed by atoms with van der Waals surface area (Å²) in [5.74, 6) is -0.483. The van der Waals surface area contributed by atoms with E-state index in [9.17, 15) is 9.59 Å². The summed E-state index contributed by atoms with van der Waals surface area (Å²) in [6.07, 6.45) is 4.98. The van der Waals surface area contributed by atoms with Crippen molar-refractivity contribution in [2.45, 2.75) is 6.92 Å². The Morgan fingerprint density at radius 3 is 2.53 bits per heavy atom. The van der Waals surface area contributed by atoms with Crippen molar-refractivity contribution < 1.29 is 9.53 Å². The lowest BCUT2D eigenvalue weighted by molar-refractivity contribution is -0.135. The van der Waals surface area contributed by atoms with Crippen LogP contribution in [0.25, 0.3) is 29.1 Å². The van der Waals surface area contributed by atoms with Crippen molar-refractivity contribution in [2.24, 2.45) is 0 Å². The maximum atomic E-state index is 12.4. The van der Waals surface area contributed by atoms with E-state index in [0.717, 1.165) is 22.5 Å². The zero-order chi connectivity index (χ0) is 20.9. The molecule has 0 fully saturated rings. The van der Waals surface area contributed by atoms with Crippen LogP contribution in [-0.4, -0.2) is 27.3 Å². The number of carbonyl (C=O) groups excluding carboxylic acids is 1. The first-order valence-electron chi connectivity index (χ1n) is 9.44. The smallest absolute Gasteiger partial charge is 0.333 e. The van der Waals surface area contributed by atoms with E-state index < -0.39 is 5.97 Å². The van der Waals surface area contributed by atoms with E-state index in [-0.39, 0.29) is 12.2 Å². The molecule has 2 aromatic carbocycles. The molecule has 30 heavy (non-hydrogen) atoms. The molecule has 0 bridgehead atoms. The largest absolute Gasteiger partial charge is 0.463 e. The van der Waals surface area contributed by atoms with E-state index in [1.54, 1.807) is 17.7 Å². The van der Waals surface area contributed by atoms with Crippen molar-refractivity contribution in [1.29, 1.82) is 0 Å². The van der Waals surface area contributed by atoms with Crippen LogP contribution in [0.4, 0.5) is 0 Å². The molecule has 2 aromatic heterocycles. The van der Waals surface area contributed by atoms with E-state index in [1.165, 1.54) is 17.4 Å². The number of hydrogen-bond acceptors (Lipinski definition) is 5. The third kappa shape index (κ3) is 4.31. The molecule has 0 amide bonds. The number of rotatable bonds is 5. The Hall–Kier alpha value is -3.71. The number of nitrogens with one attached hydrogen (secondary N) is 1. The zero-order valence-corrected chi connectivity index (χ0v) is 17.1. The van der Waals surface area contributed by atoms with Crippen LogP contribution in [0.1, 0.15) is 12.5 Å². The highest BCUT2D eigenvalue weighted by Crippen LogP contribution is 2.24. The molecule has 2 heterocycles. The van der Waals surface area contributed by atoms with Crippen LogP contribution in [0.2, 0.25) is 0 Å². The number of aromatic nitrogens is 3. The highest BCUT2D eigenvalue weighted by molar-refractivity contribution is 7.07. The average molecular weight is 417 g/mol. The molecule has 150 valence electrons. The molecular weight excluding hydrogens is 398 g/mol. The minimum absolute atomic E-state index is 0.262. The van der Waals surface area contributed by atoms with Crippen molar-refractivity contribution in [3.05, 3.63) is 92.0 Å². The van der Waals surface area contributed by atoms with E-state index in [4.69, 9.17) is 9.84 Å². The van der Waals surface area contributed by atoms with Crippen LogP contribution in [0, 0.1) is 0 Å². The SMILES string of the molecule is CCOC(=O)/C=c1/[nH]c(=O)/c(=C/c2cn(-c3ccccc3)nc2-c2ccccc2)s1. The number of benzene rings is 2. The van der Waals surface area contributed by atoms with Gasteiger partial charge in [-0.1, -0.05) is 48.5 Å². The topological polar surface area (TPSA) is 77.0 Å². The Labute approximate surface area is 176 Å². The highest BCUT2D eigenvalue weighted by Gasteiger charge is 2.11. The van der Waals surface area contributed by atoms with Gasteiger partial charge in [0.25, 0.3) is 5.56 Å². The number of aromatic amines is 1. The Morgan fingerprint density at radius 2 is 1.83 bits per heavy atom. The lowest BCUT2D eigenvalue weighted by Gasteiger charge is -2.00. The number of para-hydroxylation sites is 1. The second-order valence-corrected chi connectivity index (χ2v) is 7.49. The van der Waals surface area contributed by atoms with Crippen LogP contribution in [0.5, 0.6) is 0 Å². The quantitative estimate of drug-likeness (QED) is 0.506. The molecule has 4 rings (SSSR count). The first-order chi connectivity index (χ1) is 14.6. The van der Waals surface area contributed by atoms with Crippen LogP contribution in [-0.2, 0) is 9.53 Å². The summed E-state index contributed by atoms with van der Waals surface area (Å²) in [4.78, 5) is 26.8. The van der Waals surface area contributed by atoms with Gasteiger partial charge >= 0.3 is 5.97 Å². The molecule has 0 spiro atoms. The number of hydrogen-bond donors (Lipinski definition) is 1. The van der Waals surface area contributed by atoms with Gasteiger partial charge in [-0.3, -0.25) is 4.79 Å². The van der Waals surface area contributed by atoms with Crippen molar-refractivity contribution in [2.75, 3.05) is 6.61 Å². The molecule has 6 nitrogen and oxygen atoms in total. The first-order valence-corrected chi connectivity index (χ1v) is 10.3. The lowest BCUT2D eigenvalue weighted by atomic mass is 10.1. The average Bonchev–Trinajstić information content (AvgIpc) is 3.33. The van der Waals surface area contributed by atoms with Gasteiger partial charge in [-0.25, -0.2) is 9.48 Å². The number of H-pyrrole nitrogens is 1. The molecule has 0 atom stereocenters. The second kappa shape index (κ2) is 8.75.